The van der Waals surface area contributed by atoms with Crippen LogP contribution in [-0.2, 0) is 15.8 Å². The van der Waals surface area contributed by atoms with E-state index in [1.165, 1.54) is 13.1 Å². The molecule has 162 valence electrons. The summed E-state index contributed by atoms with van der Waals surface area (Å²) in [4.78, 5) is 44.5. The van der Waals surface area contributed by atoms with Gasteiger partial charge in [0.15, 0.2) is 5.82 Å². The summed E-state index contributed by atoms with van der Waals surface area (Å²) in [6.45, 7) is -0.802. The molecule has 0 bridgehead atoms. The van der Waals surface area contributed by atoms with Crippen LogP contribution in [0.15, 0.2) is 24.2 Å². The Labute approximate surface area is 172 Å². The molecule has 1 aliphatic carbocycles. The Morgan fingerprint density at radius 2 is 2.00 bits per heavy atom. The molecule has 31 heavy (non-hydrogen) atoms. The molecule has 3 heterocycles. The molecule has 1 N–H and O–H groups in total. The molecule has 0 spiro atoms. The Balaban J connectivity index is 1.66. The van der Waals surface area contributed by atoms with Gasteiger partial charge in [0.25, 0.3) is 5.91 Å². The van der Waals surface area contributed by atoms with Gasteiger partial charge < -0.3 is 5.11 Å². The number of halogens is 3. The van der Waals surface area contributed by atoms with Crippen molar-refractivity contribution in [2.24, 2.45) is 0 Å². The Bertz CT molecular complexity index is 1120. The molecule has 0 atom stereocenters. The highest BCUT2D eigenvalue weighted by Gasteiger charge is 2.40. The summed E-state index contributed by atoms with van der Waals surface area (Å²) in [5, 5.41) is 12.9. The van der Waals surface area contributed by atoms with Crippen LogP contribution in [0.1, 0.15) is 30.1 Å². The standard InChI is InChI=1S/C18H15F3N6O4/c1-25-12(16(30)27(17(25)31)7-14(28)29)6-26-8-22-15(24-26)10-4-11(9-2-3-9)23-13(5-10)18(19,20)21/h4-6,8-9H,2-3,7H2,1H3,(H,28,29)/b12-6-. The van der Waals surface area contributed by atoms with Crippen molar-refractivity contribution in [1.29, 1.82) is 0 Å². The molecule has 0 radical (unpaired) electrons. The number of amides is 3. The molecule has 2 aromatic rings. The Morgan fingerprint density at radius 1 is 1.29 bits per heavy atom. The summed E-state index contributed by atoms with van der Waals surface area (Å²) in [5.74, 6) is -2.25. The van der Waals surface area contributed by atoms with E-state index in [1.54, 1.807) is 0 Å². The number of carbonyl (C=O) groups is 3. The summed E-state index contributed by atoms with van der Waals surface area (Å²) in [6, 6.07) is 1.53. The van der Waals surface area contributed by atoms with E-state index in [0.717, 1.165) is 41.0 Å². The summed E-state index contributed by atoms with van der Waals surface area (Å²) in [6.07, 6.45) is -0.796. The first-order valence-corrected chi connectivity index (χ1v) is 9.08. The Hall–Kier alpha value is -3.77. The fourth-order valence-electron chi connectivity index (χ4n) is 3.08. The van der Waals surface area contributed by atoms with Crippen LogP contribution < -0.4 is 0 Å². The molecule has 1 saturated carbocycles. The largest absolute Gasteiger partial charge is 0.480 e. The number of carbonyl (C=O) groups excluding carboxylic acids is 2. The van der Waals surface area contributed by atoms with Crippen molar-refractivity contribution >= 4 is 24.1 Å². The quantitative estimate of drug-likeness (QED) is 0.562. The maximum Gasteiger partial charge on any atom is 0.433 e. The van der Waals surface area contributed by atoms with E-state index in [9.17, 15) is 27.6 Å². The van der Waals surface area contributed by atoms with Gasteiger partial charge in [-0.2, -0.15) is 13.2 Å². The highest BCUT2D eigenvalue weighted by Crippen LogP contribution is 2.41. The van der Waals surface area contributed by atoms with Gasteiger partial charge in [-0.1, -0.05) is 0 Å². The summed E-state index contributed by atoms with van der Waals surface area (Å²) in [5.41, 5.74) is -0.759. The van der Waals surface area contributed by atoms with Gasteiger partial charge >= 0.3 is 18.2 Å². The van der Waals surface area contributed by atoms with Gasteiger partial charge in [-0.25, -0.2) is 24.3 Å². The van der Waals surface area contributed by atoms with E-state index in [-0.39, 0.29) is 23.0 Å². The van der Waals surface area contributed by atoms with E-state index < -0.39 is 36.3 Å². The number of nitrogens with zero attached hydrogens (tertiary/aromatic N) is 6. The second kappa shape index (κ2) is 7.18. The number of likely N-dealkylation sites (N-methyl/N-ethyl adjacent to an activating group) is 1. The molecule has 4 rings (SSSR count). The van der Waals surface area contributed by atoms with Crippen molar-refractivity contribution in [3.8, 4) is 11.4 Å². The average Bonchev–Trinajstić information content (AvgIpc) is 3.42. The van der Waals surface area contributed by atoms with Crippen LogP contribution in [0.25, 0.3) is 17.6 Å². The van der Waals surface area contributed by atoms with Gasteiger partial charge in [0.05, 0.1) is 6.20 Å². The zero-order valence-electron chi connectivity index (χ0n) is 16.0. The van der Waals surface area contributed by atoms with Gasteiger partial charge in [0, 0.05) is 24.2 Å². The zero-order chi connectivity index (χ0) is 22.5. The number of urea groups is 1. The fraction of sp³-hybridized carbons (Fsp3) is 0.333. The zero-order valence-corrected chi connectivity index (χ0v) is 16.0. The van der Waals surface area contributed by atoms with Gasteiger partial charge in [0.2, 0.25) is 0 Å². The molecular formula is C18H15F3N6O4. The Kier molecular flexibility index (Phi) is 4.75. The number of alkyl halides is 3. The molecule has 13 heteroatoms. The molecule has 1 saturated heterocycles. The highest BCUT2D eigenvalue weighted by molar-refractivity contribution is 6.14. The first kappa shape index (κ1) is 20.5. The van der Waals surface area contributed by atoms with Crippen LogP contribution in [-0.4, -0.2) is 66.2 Å². The summed E-state index contributed by atoms with van der Waals surface area (Å²) in [7, 11) is 1.28. The molecule has 2 aromatic heterocycles. The number of hydrogen-bond acceptors (Lipinski definition) is 6. The lowest BCUT2D eigenvalue weighted by Crippen LogP contribution is -2.35. The molecular weight excluding hydrogens is 421 g/mol. The van der Waals surface area contributed by atoms with Crippen molar-refractivity contribution in [1.82, 2.24) is 29.5 Å². The SMILES string of the molecule is CN1C(=O)N(CC(=O)O)C(=O)/C1=C/n1cnc(-c2cc(C3CC3)nc(C(F)(F)F)c2)n1. The van der Waals surface area contributed by atoms with Crippen molar-refractivity contribution in [2.45, 2.75) is 24.9 Å². The second-order valence-corrected chi connectivity index (χ2v) is 7.13. The van der Waals surface area contributed by atoms with Crippen molar-refractivity contribution < 1.29 is 32.7 Å². The normalized spacial score (nSPS) is 18.4. The fourth-order valence-corrected chi connectivity index (χ4v) is 3.08. The van der Waals surface area contributed by atoms with Crippen molar-refractivity contribution in [3.63, 3.8) is 0 Å². The predicted molar refractivity (Wildman–Crippen MR) is 97.0 cm³/mol. The van der Waals surface area contributed by atoms with Crippen LogP contribution in [0.5, 0.6) is 0 Å². The van der Waals surface area contributed by atoms with E-state index in [0.29, 0.717) is 10.6 Å². The summed E-state index contributed by atoms with van der Waals surface area (Å²) >= 11 is 0. The van der Waals surface area contributed by atoms with Crippen LogP contribution in [0.3, 0.4) is 0 Å². The molecule has 3 amide bonds. The second-order valence-electron chi connectivity index (χ2n) is 7.13. The minimum Gasteiger partial charge on any atom is -0.480 e. The number of carboxylic acid groups (broad SMARTS) is 1. The third kappa shape index (κ3) is 3.98. The molecule has 0 aromatic carbocycles. The van der Waals surface area contributed by atoms with E-state index >= 15 is 0 Å². The van der Waals surface area contributed by atoms with Crippen LogP contribution in [0.4, 0.5) is 18.0 Å². The van der Waals surface area contributed by atoms with Crippen LogP contribution in [0, 0.1) is 0 Å². The average molecular weight is 436 g/mol. The van der Waals surface area contributed by atoms with Crippen molar-refractivity contribution in [3.05, 3.63) is 35.5 Å². The molecule has 0 unspecified atom stereocenters. The number of pyridine rings is 1. The number of aromatic nitrogens is 4. The predicted octanol–water partition coefficient (Wildman–Crippen LogP) is 2.01. The van der Waals surface area contributed by atoms with Crippen molar-refractivity contribution in [2.75, 3.05) is 13.6 Å². The molecule has 10 nitrogen and oxygen atoms in total. The smallest absolute Gasteiger partial charge is 0.433 e. The number of carboxylic acids is 1. The molecule has 1 aliphatic heterocycles. The van der Waals surface area contributed by atoms with Gasteiger partial charge in [-0.05, 0) is 25.0 Å². The molecule has 2 aliphatic rings. The van der Waals surface area contributed by atoms with Gasteiger partial charge in [-0.3, -0.25) is 14.5 Å². The summed E-state index contributed by atoms with van der Waals surface area (Å²) < 4.78 is 40.8. The van der Waals surface area contributed by atoms with Crippen LogP contribution >= 0.6 is 0 Å². The minimum absolute atomic E-state index is 0.0199. The Morgan fingerprint density at radius 3 is 2.61 bits per heavy atom. The van der Waals surface area contributed by atoms with Gasteiger partial charge in [0.1, 0.15) is 24.3 Å². The lowest BCUT2D eigenvalue weighted by Gasteiger charge is -2.09. The number of rotatable bonds is 5. The van der Waals surface area contributed by atoms with E-state index in [2.05, 4.69) is 15.1 Å². The number of aliphatic carboxylic acids is 1. The van der Waals surface area contributed by atoms with E-state index in [1.807, 2.05) is 0 Å². The number of imide groups is 1. The first-order chi connectivity index (χ1) is 14.5. The van der Waals surface area contributed by atoms with Gasteiger partial charge in [-0.15, -0.1) is 5.10 Å². The third-order valence-corrected chi connectivity index (χ3v) is 4.79. The first-order valence-electron chi connectivity index (χ1n) is 9.08. The van der Waals surface area contributed by atoms with Crippen LogP contribution in [0.2, 0.25) is 0 Å². The minimum atomic E-state index is -4.63. The maximum absolute atomic E-state index is 13.2. The van der Waals surface area contributed by atoms with E-state index in [4.69, 9.17) is 5.11 Å². The lowest BCUT2D eigenvalue weighted by atomic mass is 10.1. The lowest BCUT2D eigenvalue weighted by molar-refractivity contribution is -0.141. The monoisotopic (exact) mass is 436 g/mol. The number of hydrogen-bond donors (Lipinski definition) is 1. The molecule has 2 fully saturated rings. The third-order valence-electron chi connectivity index (χ3n) is 4.79. The highest BCUT2D eigenvalue weighted by atomic mass is 19.4. The topological polar surface area (TPSA) is 122 Å². The maximum atomic E-state index is 13.2.